The minimum Gasteiger partial charge on any atom is -0.491 e. The highest BCUT2D eigenvalue weighted by molar-refractivity contribution is 7.92. The second-order valence-electron chi connectivity index (χ2n) is 6.94. The van der Waals surface area contributed by atoms with Gasteiger partial charge in [0, 0.05) is 26.2 Å². The van der Waals surface area contributed by atoms with Crippen molar-refractivity contribution < 1.29 is 13.2 Å². The van der Waals surface area contributed by atoms with Crippen LogP contribution in [0.4, 0.5) is 11.5 Å². The van der Waals surface area contributed by atoms with Gasteiger partial charge in [0.2, 0.25) is 0 Å². The molecule has 1 aromatic heterocycles. The molecule has 1 aromatic carbocycles. The molecule has 1 fully saturated rings. The van der Waals surface area contributed by atoms with Crippen LogP contribution in [-0.2, 0) is 10.0 Å². The lowest BCUT2D eigenvalue weighted by Gasteiger charge is -2.33. The van der Waals surface area contributed by atoms with E-state index in [1.807, 2.05) is 19.9 Å². The van der Waals surface area contributed by atoms with Crippen LogP contribution in [0.2, 0.25) is 0 Å². The lowest BCUT2D eigenvalue weighted by molar-refractivity contribution is 0.242. The molecule has 1 aliphatic heterocycles. The molecule has 8 heteroatoms. The molecule has 2 aromatic rings. The van der Waals surface area contributed by atoms with Crippen molar-refractivity contribution in [3.05, 3.63) is 42.6 Å². The SMILES string of the molecule is CC(C)Oc1ccc(S(=O)(=O)Nc2ccc(N3CCN(C)CC3)cn2)cc1. The molecule has 1 N–H and O–H groups in total. The lowest BCUT2D eigenvalue weighted by Crippen LogP contribution is -2.44. The van der Waals surface area contributed by atoms with E-state index in [1.54, 1.807) is 24.4 Å². The standard InChI is InChI=1S/C19H26N4O3S/c1-15(2)26-17-5-7-18(8-6-17)27(24,25)21-19-9-4-16(14-20-19)23-12-10-22(3)11-13-23/h4-9,14-15H,10-13H2,1-3H3,(H,20,21). The average molecular weight is 391 g/mol. The van der Waals surface area contributed by atoms with E-state index >= 15 is 0 Å². The highest BCUT2D eigenvalue weighted by atomic mass is 32.2. The first-order valence-electron chi connectivity index (χ1n) is 9.02. The van der Waals surface area contributed by atoms with E-state index < -0.39 is 10.0 Å². The van der Waals surface area contributed by atoms with Gasteiger partial charge < -0.3 is 14.5 Å². The van der Waals surface area contributed by atoms with Crippen molar-refractivity contribution in [3.63, 3.8) is 0 Å². The maximum atomic E-state index is 12.5. The fourth-order valence-electron chi connectivity index (χ4n) is 2.86. The molecule has 0 unspecified atom stereocenters. The fraction of sp³-hybridized carbons (Fsp3) is 0.421. The Labute approximate surface area is 161 Å². The van der Waals surface area contributed by atoms with Gasteiger partial charge in [-0.25, -0.2) is 13.4 Å². The van der Waals surface area contributed by atoms with E-state index in [0.29, 0.717) is 11.6 Å². The van der Waals surface area contributed by atoms with Crippen molar-refractivity contribution in [3.8, 4) is 5.75 Å². The number of hydrogen-bond acceptors (Lipinski definition) is 6. The van der Waals surface area contributed by atoms with Crippen molar-refractivity contribution in [1.82, 2.24) is 9.88 Å². The first-order valence-corrected chi connectivity index (χ1v) is 10.5. The third kappa shape index (κ3) is 5.11. The van der Waals surface area contributed by atoms with Crippen LogP contribution < -0.4 is 14.4 Å². The highest BCUT2D eigenvalue weighted by Crippen LogP contribution is 2.21. The van der Waals surface area contributed by atoms with Crippen molar-refractivity contribution in [2.45, 2.75) is 24.8 Å². The maximum absolute atomic E-state index is 12.5. The van der Waals surface area contributed by atoms with E-state index in [1.165, 1.54) is 12.1 Å². The van der Waals surface area contributed by atoms with Crippen molar-refractivity contribution in [1.29, 1.82) is 0 Å². The van der Waals surface area contributed by atoms with Crippen molar-refractivity contribution >= 4 is 21.5 Å². The Morgan fingerprint density at radius 3 is 2.26 bits per heavy atom. The summed E-state index contributed by atoms with van der Waals surface area (Å²) in [4.78, 5) is 8.97. The highest BCUT2D eigenvalue weighted by Gasteiger charge is 2.17. The van der Waals surface area contributed by atoms with Gasteiger partial charge in [-0.05, 0) is 57.3 Å². The molecule has 0 saturated carbocycles. The minimum absolute atomic E-state index is 0.0357. The summed E-state index contributed by atoms with van der Waals surface area (Å²) < 4.78 is 33.2. The zero-order chi connectivity index (χ0) is 19.4. The Morgan fingerprint density at radius 2 is 1.70 bits per heavy atom. The Hall–Kier alpha value is -2.32. The van der Waals surface area contributed by atoms with Crippen LogP contribution in [-0.4, -0.2) is 57.6 Å². The Bertz CT molecular complexity index is 844. The van der Waals surface area contributed by atoms with Crippen LogP contribution in [0.25, 0.3) is 0 Å². The molecule has 0 atom stereocenters. The summed E-state index contributed by atoms with van der Waals surface area (Å²) in [5.41, 5.74) is 1.00. The number of rotatable bonds is 6. The van der Waals surface area contributed by atoms with Gasteiger partial charge in [0.05, 0.1) is 22.9 Å². The minimum atomic E-state index is -3.69. The molecular formula is C19H26N4O3S. The van der Waals surface area contributed by atoms with Gasteiger partial charge in [0.25, 0.3) is 10.0 Å². The third-order valence-corrected chi connectivity index (χ3v) is 5.73. The Morgan fingerprint density at radius 1 is 1.04 bits per heavy atom. The summed E-state index contributed by atoms with van der Waals surface area (Å²) in [6.45, 7) is 7.73. The molecule has 2 heterocycles. The fourth-order valence-corrected chi connectivity index (χ4v) is 3.87. The van der Waals surface area contributed by atoms with E-state index in [9.17, 15) is 8.42 Å². The smallest absolute Gasteiger partial charge is 0.263 e. The van der Waals surface area contributed by atoms with E-state index in [0.717, 1.165) is 31.9 Å². The van der Waals surface area contributed by atoms with Gasteiger partial charge in [-0.3, -0.25) is 4.72 Å². The Kier molecular flexibility index (Phi) is 5.86. The number of nitrogens with one attached hydrogen (secondary N) is 1. The van der Waals surface area contributed by atoms with Crippen LogP contribution in [0, 0.1) is 0 Å². The van der Waals surface area contributed by atoms with Gasteiger partial charge in [0.1, 0.15) is 11.6 Å². The molecule has 0 amide bonds. The number of hydrogen-bond donors (Lipinski definition) is 1. The second kappa shape index (κ2) is 8.14. The van der Waals surface area contributed by atoms with Crippen LogP contribution >= 0.6 is 0 Å². The van der Waals surface area contributed by atoms with Gasteiger partial charge in [-0.1, -0.05) is 0 Å². The first kappa shape index (κ1) is 19.4. The topological polar surface area (TPSA) is 74.8 Å². The van der Waals surface area contributed by atoms with Crippen LogP contribution in [0.1, 0.15) is 13.8 Å². The van der Waals surface area contributed by atoms with E-state index in [4.69, 9.17) is 4.74 Å². The molecule has 0 spiro atoms. The Balaban J connectivity index is 1.66. The summed E-state index contributed by atoms with van der Waals surface area (Å²) in [6.07, 6.45) is 1.75. The quantitative estimate of drug-likeness (QED) is 0.817. The summed E-state index contributed by atoms with van der Waals surface area (Å²) >= 11 is 0. The predicted octanol–water partition coefficient (Wildman–Crippen LogP) is 2.42. The maximum Gasteiger partial charge on any atom is 0.263 e. The lowest BCUT2D eigenvalue weighted by atomic mass is 10.3. The predicted molar refractivity (Wildman–Crippen MR) is 107 cm³/mol. The van der Waals surface area contributed by atoms with Crippen molar-refractivity contribution in [2.75, 3.05) is 42.8 Å². The van der Waals surface area contributed by atoms with E-state index in [-0.39, 0.29) is 11.0 Å². The largest absolute Gasteiger partial charge is 0.491 e. The molecule has 1 saturated heterocycles. The number of piperazine rings is 1. The molecule has 3 rings (SSSR count). The third-order valence-electron chi connectivity index (χ3n) is 4.36. The van der Waals surface area contributed by atoms with Gasteiger partial charge in [-0.15, -0.1) is 0 Å². The number of pyridine rings is 1. The molecular weight excluding hydrogens is 364 g/mol. The van der Waals surface area contributed by atoms with E-state index in [2.05, 4.69) is 26.6 Å². The number of benzene rings is 1. The number of aromatic nitrogens is 1. The van der Waals surface area contributed by atoms with Gasteiger partial charge >= 0.3 is 0 Å². The number of ether oxygens (including phenoxy) is 1. The zero-order valence-electron chi connectivity index (χ0n) is 15.9. The molecule has 7 nitrogen and oxygen atoms in total. The number of likely N-dealkylation sites (N-methyl/N-ethyl adjacent to an activating group) is 1. The summed E-state index contributed by atoms with van der Waals surface area (Å²) in [5, 5.41) is 0. The normalized spacial score (nSPS) is 15.8. The number of anilines is 2. The summed E-state index contributed by atoms with van der Waals surface area (Å²) in [7, 11) is -1.59. The first-order chi connectivity index (χ1) is 12.8. The summed E-state index contributed by atoms with van der Waals surface area (Å²) in [5.74, 6) is 0.939. The average Bonchev–Trinajstić information content (AvgIpc) is 2.63. The van der Waals surface area contributed by atoms with Crippen molar-refractivity contribution in [2.24, 2.45) is 0 Å². The van der Waals surface area contributed by atoms with Crippen LogP contribution in [0.15, 0.2) is 47.5 Å². The van der Waals surface area contributed by atoms with Crippen LogP contribution in [0.5, 0.6) is 5.75 Å². The second-order valence-corrected chi connectivity index (χ2v) is 8.62. The van der Waals surface area contributed by atoms with Gasteiger partial charge in [-0.2, -0.15) is 0 Å². The molecule has 0 aliphatic carbocycles. The number of sulfonamides is 1. The summed E-state index contributed by atoms with van der Waals surface area (Å²) in [6, 6.07) is 9.95. The molecule has 0 radical (unpaired) electrons. The molecule has 1 aliphatic rings. The molecule has 146 valence electrons. The molecule has 0 bridgehead atoms. The van der Waals surface area contributed by atoms with Gasteiger partial charge in [0.15, 0.2) is 0 Å². The monoisotopic (exact) mass is 390 g/mol. The molecule has 27 heavy (non-hydrogen) atoms. The van der Waals surface area contributed by atoms with Crippen LogP contribution in [0.3, 0.4) is 0 Å². The number of nitrogens with zero attached hydrogens (tertiary/aromatic N) is 3. The zero-order valence-corrected chi connectivity index (χ0v) is 16.7.